The number of nitrogens with zero attached hydrogens (tertiary/aromatic N) is 2. The molecular formula is C28H26N4O5S. The summed E-state index contributed by atoms with van der Waals surface area (Å²) in [5, 5.41) is 15.3. The van der Waals surface area contributed by atoms with Crippen molar-refractivity contribution in [1.82, 2.24) is 20.0 Å². The summed E-state index contributed by atoms with van der Waals surface area (Å²) in [6.07, 6.45) is 1.52. The first-order valence-corrected chi connectivity index (χ1v) is 12.9. The van der Waals surface area contributed by atoms with Crippen LogP contribution in [0.25, 0.3) is 15.2 Å². The molecule has 2 aromatic heterocycles. The lowest BCUT2D eigenvalue weighted by Crippen LogP contribution is -2.38. The van der Waals surface area contributed by atoms with Gasteiger partial charge in [0, 0.05) is 18.2 Å². The molecule has 9 nitrogen and oxygen atoms in total. The summed E-state index contributed by atoms with van der Waals surface area (Å²) >= 11 is 1.45. The van der Waals surface area contributed by atoms with Crippen LogP contribution in [0.15, 0.2) is 79.0 Å². The fourth-order valence-electron chi connectivity index (χ4n) is 4.09. The van der Waals surface area contributed by atoms with Gasteiger partial charge in [-0.2, -0.15) is 0 Å². The van der Waals surface area contributed by atoms with E-state index in [0.717, 1.165) is 21.3 Å². The van der Waals surface area contributed by atoms with Crippen molar-refractivity contribution in [3.63, 3.8) is 0 Å². The van der Waals surface area contributed by atoms with E-state index in [2.05, 4.69) is 15.6 Å². The SMILES string of the molecule is CCOC(=O)c1cnc2sc3cc(Oc4ccccc4CNC(=O)NC(CO)c4ccccc4)ccc3n12. The number of carbonyl (C=O) groups is 2. The molecule has 0 saturated heterocycles. The zero-order chi connectivity index (χ0) is 26.5. The summed E-state index contributed by atoms with van der Waals surface area (Å²) < 4.78 is 14.0. The number of hydrogen-bond acceptors (Lipinski definition) is 7. The summed E-state index contributed by atoms with van der Waals surface area (Å²) in [6.45, 7) is 2.07. The van der Waals surface area contributed by atoms with E-state index in [-0.39, 0.29) is 19.8 Å². The highest BCUT2D eigenvalue weighted by Crippen LogP contribution is 2.33. The van der Waals surface area contributed by atoms with E-state index < -0.39 is 18.0 Å². The van der Waals surface area contributed by atoms with Crippen molar-refractivity contribution >= 4 is 38.5 Å². The third kappa shape index (κ3) is 5.31. The lowest BCUT2D eigenvalue weighted by Gasteiger charge is -2.18. The lowest BCUT2D eigenvalue weighted by molar-refractivity contribution is 0.0518. The third-order valence-electron chi connectivity index (χ3n) is 5.92. The van der Waals surface area contributed by atoms with Crippen LogP contribution in [0.3, 0.4) is 0 Å². The van der Waals surface area contributed by atoms with Crippen LogP contribution in [0, 0.1) is 0 Å². The van der Waals surface area contributed by atoms with Gasteiger partial charge in [0.1, 0.15) is 11.5 Å². The van der Waals surface area contributed by atoms with Crippen molar-refractivity contribution in [1.29, 1.82) is 0 Å². The number of ether oxygens (including phenoxy) is 2. The average molecular weight is 531 g/mol. The molecule has 1 atom stereocenters. The lowest BCUT2D eigenvalue weighted by atomic mass is 10.1. The minimum Gasteiger partial charge on any atom is -0.461 e. The second kappa shape index (κ2) is 11.3. The monoisotopic (exact) mass is 530 g/mol. The molecule has 0 fully saturated rings. The van der Waals surface area contributed by atoms with Crippen LogP contribution in [0.5, 0.6) is 11.5 Å². The number of thiazole rings is 1. The number of aliphatic hydroxyl groups is 1. The van der Waals surface area contributed by atoms with Crippen LogP contribution in [0.4, 0.5) is 4.79 Å². The fraction of sp³-hybridized carbons (Fsp3) is 0.179. The van der Waals surface area contributed by atoms with E-state index >= 15 is 0 Å². The Morgan fingerprint density at radius 3 is 2.66 bits per heavy atom. The molecule has 194 valence electrons. The molecule has 3 aromatic carbocycles. The van der Waals surface area contributed by atoms with E-state index in [1.165, 1.54) is 17.5 Å². The van der Waals surface area contributed by atoms with E-state index in [4.69, 9.17) is 9.47 Å². The third-order valence-corrected chi connectivity index (χ3v) is 6.93. The molecule has 0 saturated carbocycles. The van der Waals surface area contributed by atoms with Gasteiger partial charge in [0.25, 0.3) is 0 Å². The van der Waals surface area contributed by atoms with Crippen LogP contribution < -0.4 is 15.4 Å². The quantitative estimate of drug-likeness (QED) is 0.230. The van der Waals surface area contributed by atoms with Gasteiger partial charge in [0.2, 0.25) is 0 Å². The van der Waals surface area contributed by atoms with Gasteiger partial charge in [0.05, 0.1) is 35.7 Å². The van der Waals surface area contributed by atoms with Crippen LogP contribution >= 0.6 is 11.3 Å². The number of fused-ring (bicyclic) bond motifs is 3. The highest BCUT2D eigenvalue weighted by molar-refractivity contribution is 7.23. The van der Waals surface area contributed by atoms with Gasteiger partial charge in [-0.25, -0.2) is 14.6 Å². The number of carbonyl (C=O) groups excluding carboxylic acids is 2. The number of imidazole rings is 1. The molecule has 0 bridgehead atoms. The zero-order valence-corrected chi connectivity index (χ0v) is 21.4. The first kappa shape index (κ1) is 25.2. The predicted molar refractivity (Wildman–Crippen MR) is 145 cm³/mol. The number of nitrogens with one attached hydrogen (secondary N) is 2. The molecule has 0 aliphatic heterocycles. The van der Waals surface area contributed by atoms with Gasteiger partial charge >= 0.3 is 12.0 Å². The largest absolute Gasteiger partial charge is 0.461 e. The summed E-state index contributed by atoms with van der Waals surface area (Å²) in [7, 11) is 0. The molecule has 3 N–H and O–H groups in total. The molecule has 1 unspecified atom stereocenters. The Balaban J connectivity index is 1.29. The first-order chi connectivity index (χ1) is 18.6. The van der Waals surface area contributed by atoms with Gasteiger partial charge in [-0.05, 0) is 30.7 Å². The van der Waals surface area contributed by atoms with Crippen LogP contribution in [0.2, 0.25) is 0 Å². The van der Waals surface area contributed by atoms with Crippen molar-refractivity contribution in [2.45, 2.75) is 19.5 Å². The molecule has 5 rings (SSSR count). The van der Waals surface area contributed by atoms with Crippen LogP contribution in [-0.4, -0.2) is 39.7 Å². The highest BCUT2D eigenvalue weighted by atomic mass is 32.1. The highest BCUT2D eigenvalue weighted by Gasteiger charge is 2.18. The Bertz CT molecular complexity index is 1580. The average Bonchev–Trinajstić information content (AvgIpc) is 3.51. The Labute approximate surface area is 222 Å². The molecule has 0 radical (unpaired) electrons. The number of benzene rings is 3. The molecular weight excluding hydrogens is 504 g/mol. The molecule has 0 aliphatic carbocycles. The van der Waals surface area contributed by atoms with Crippen molar-refractivity contribution in [2.75, 3.05) is 13.2 Å². The molecule has 10 heteroatoms. The van der Waals surface area contributed by atoms with Crippen molar-refractivity contribution in [3.8, 4) is 11.5 Å². The van der Waals surface area contributed by atoms with E-state index in [1.54, 1.807) is 11.3 Å². The summed E-state index contributed by atoms with van der Waals surface area (Å²) in [4.78, 5) is 29.9. The van der Waals surface area contributed by atoms with E-state index in [1.807, 2.05) is 72.8 Å². The summed E-state index contributed by atoms with van der Waals surface area (Å²) in [5.74, 6) is 0.794. The standard InChI is InChI=1S/C28H26N4O5S/c1-2-36-26(34)23-16-30-28-32(23)22-13-12-20(14-25(22)38-28)37-24-11-7-6-10-19(24)15-29-27(35)31-21(17-33)18-8-4-3-5-9-18/h3-14,16,21,33H,2,15,17H2,1H3,(H2,29,31,35). The minimum absolute atomic E-state index is 0.214. The topological polar surface area (TPSA) is 114 Å². The Morgan fingerprint density at radius 2 is 1.87 bits per heavy atom. The normalized spacial score (nSPS) is 11.8. The van der Waals surface area contributed by atoms with E-state index in [0.29, 0.717) is 22.2 Å². The molecule has 2 amide bonds. The number of urea groups is 1. The number of rotatable bonds is 9. The number of hydrogen-bond donors (Lipinski definition) is 3. The molecule has 2 heterocycles. The van der Waals surface area contributed by atoms with Gasteiger partial charge in [-0.1, -0.05) is 59.9 Å². The number of amides is 2. The predicted octanol–water partition coefficient (Wildman–Crippen LogP) is 5.05. The number of aliphatic hydroxyl groups excluding tert-OH is 1. The smallest absolute Gasteiger partial charge is 0.357 e. The number of para-hydroxylation sites is 1. The second-order valence-electron chi connectivity index (χ2n) is 8.40. The minimum atomic E-state index is -0.509. The molecule has 38 heavy (non-hydrogen) atoms. The van der Waals surface area contributed by atoms with Gasteiger partial charge < -0.3 is 25.2 Å². The fourth-order valence-corrected chi connectivity index (χ4v) is 5.12. The molecule has 0 spiro atoms. The van der Waals surface area contributed by atoms with Gasteiger partial charge in [-0.3, -0.25) is 4.40 Å². The van der Waals surface area contributed by atoms with Crippen molar-refractivity contribution in [2.24, 2.45) is 0 Å². The Kier molecular flexibility index (Phi) is 7.52. The number of esters is 1. The maximum Gasteiger partial charge on any atom is 0.357 e. The zero-order valence-electron chi connectivity index (χ0n) is 20.6. The van der Waals surface area contributed by atoms with Crippen molar-refractivity contribution < 1.29 is 24.2 Å². The molecule has 0 aliphatic rings. The first-order valence-electron chi connectivity index (χ1n) is 12.1. The van der Waals surface area contributed by atoms with Crippen molar-refractivity contribution in [3.05, 3.63) is 95.8 Å². The second-order valence-corrected chi connectivity index (χ2v) is 9.41. The van der Waals surface area contributed by atoms with Gasteiger partial charge in [0.15, 0.2) is 10.7 Å². The van der Waals surface area contributed by atoms with Crippen LogP contribution in [0.1, 0.15) is 34.6 Å². The Morgan fingerprint density at radius 1 is 1.08 bits per heavy atom. The summed E-state index contributed by atoms with van der Waals surface area (Å²) in [5.41, 5.74) is 2.82. The van der Waals surface area contributed by atoms with Crippen LogP contribution in [-0.2, 0) is 11.3 Å². The maximum absolute atomic E-state index is 12.5. The molecule has 5 aromatic rings. The van der Waals surface area contributed by atoms with Gasteiger partial charge in [-0.15, -0.1) is 0 Å². The number of aromatic nitrogens is 2. The maximum atomic E-state index is 12.5. The summed E-state index contributed by atoms with van der Waals surface area (Å²) in [6, 6.07) is 21.4. The van der Waals surface area contributed by atoms with E-state index in [9.17, 15) is 14.7 Å². The Hall–Kier alpha value is -4.41.